The first-order valence-corrected chi connectivity index (χ1v) is 9.21. The zero-order valence-electron chi connectivity index (χ0n) is 15.3. The van der Waals surface area contributed by atoms with Crippen molar-refractivity contribution in [2.75, 3.05) is 16.8 Å². The highest BCUT2D eigenvalue weighted by Gasteiger charge is 2.35. The van der Waals surface area contributed by atoms with Crippen LogP contribution in [-0.4, -0.2) is 18.4 Å². The zero-order chi connectivity index (χ0) is 18.8. The molecule has 3 rings (SSSR count). The maximum atomic E-state index is 12.6. The minimum absolute atomic E-state index is 0.0229. The summed E-state index contributed by atoms with van der Waals surface area (Å²) in [5.41, 5.74) is 3.59. The summed E-state index contributed by atoms with van der Waals surface area (Å²) >= 11 is 6.10. The number of carbonyl (C=O) groups is 2. The van der Waals surface area contributed by atoms with Crippen molar-refractivity contribution in [1.29, 1.82) is 0 Å². The molecule has 136 valence electrons. The lowest BCUT2D eigenvalue weighted by Gasteiger charge is -2.18. The summed E-state index contributed by atoms with van der Waals surface area (Å²) in [7, 11) is 0. The molecule has 1 heterocycles. The van der Waals surface area contributed by atoms with Crippen LogP contribution in [-0.2, 0) is 9.59 Å². The van der Waals surface area contributed by atoms with Crippen LogP contribution in [0.5, 0.6) is 0 Å². The molecule has 1 saturated heterocycles. The Balaban J connectivity index is 1.70. The molecule has 2 aromatic carbocycles. The van der Waals surface area contributed by atoms with Gasteiger partial charge in [-0.3, -0.25) is 9.59 Å². The Morgan fingerprint density at radius 3 is 2.54 bits per heavy atom. The number of carbonyl (C=O) groups excluding carboxylic acids is 2. The van der Waals surface area contributed by atoms with Crippen molar-refractivity contribution in [1.82, 2.24) is 0 Å². The van der Waals surface area contributed by atoms with Crippen LogP contribution in [0.4, 0.5) is 11.4 Å². The number of nitrogens with one attached hydrogen (secondary N) is 1. The van der Waals surface area contributed by atoms with Gasteiger partial charge in [0.25, 0.3) is 0 Å². The third-order valence-corrected chi connectivity index (χ3v) is 5.30. The molecule has 0 bridgehead atoms. The Morgan fingerprint density at radius 1 is 1.19 bits per heavy atom. The molecule has 26 heavy (non-hydrogen) atoms. The molecule has 0 aromatic heterocycles. The lowest BCUT2D eigenvalue weighted by atomic mass is 10.0. The molecule has 0 saturated carbocycles. The maximum absolute atomic E-state index is 12.6. The monoisotopic (exact) mass is 370 g/mol. The van der Waals surface area contributed by atoms with Crippen LogP contribution >= 0.6 is 11.6 Å². The van der Waals surface area contributed by atoms with Gasteiger partial charge in [0.2, 0.25) is 11.8 Å². The summed E-state index contributed by atoms with van der Waals surface area (Å²) in [6, 6.07) is 13.4. The fraction of sp³-hybridized carbons (Fsp3) is 0.333. The highest BCUT2D eigenvalue weighted by Crippen LogP contribution is 2.29. The van der Waals surface area contributed by atoms with Gasteiger partial charge in [0.1, 0.15) is 0 Å². The van der Waals surface area contributed by atoms with Gasteiger partial charge in [0.05, 0.1) is 5.92 Å². The van der Waals surface area contributed by atoms with Gasteiger partial charge in [-0.1, -0.05) is 43.6 Å². The Morgan fingerprint density at radius 2 is 1.88 bits per heavy atom. The van der Waals surface area contributed by atoms with E-state index in [1.165, 1.54) is 5.56 Å². The second kappa shape index (κ2) is 7.50. The van der Waals surface area contributed by atoms with Crippen molar-refractivity contribution >= 4 is 34.8 Å². The summed E-state index contributed by atoms with van der Waals surface area (Å²) < 4.78 is 0. The van der Waals surface area contributed by atoms with Crippen molar-refractivity contribution in [2.45, 2.75) is 33.1 Å². The molecule has 2 amide bonds. The average molecular weight is 371 g/mol. The molecule has 1 aliphatic heterocycles. The number of halogens is 1. The minimum atomic E-state index is -0.370. The van der Waals surface area contributed by atoms with E-state index in [-0.39, 0.29) is 24.2 Å². The molecule has 1 N–H and O–H groups in total. The molecule has 5 heteroatoms. The first kappa shape index (κ1) is 18.5. The van der Waals surface area contributed by atoms with Crippen LogP contribution in [0.3, 0.4) is 0 Å². The second-order valence-electron chi connectivity index (χ2n) is 7.05. The average Bonchev–Trinajstić information content (AvgIpc) is 3.01. The standard InChI is InChI=1S/C21H23ClN2O2/c1-13(2)15-7-9-17(10-8-15)24-12-16(11-20(24)25)21(26)23-19-6-4-5-18(22)14(19)3/h4-10,13,16H,11-12H2,1-3H3,(H,23,26). The molecule has 4 nitrogen and oxygen atoms in total. The van der Waals surface area contributed by atoms with Gasteiger partial charge in [-0.25, -0.2) is 0 Å². The van der Waals surface area contributed by atoms with Crippen LogP contribution in [0.1, 0.15) is 37.3 Å². The van der Waals surface area contributed by atoms with E-state index >= 15 is 0 Å². The van der Waals surface area contributed by atoms with Crippen LogP contribution in [0.2, 0.25) is 5.02 Å². The lowest BCUT2D eigenvalue weighted by molar-refractivity contribution is -0.122. The van der Waals surface area contributed by atoms with Crippen LogP contribution in [0.15, 0.2) is 42.5 Å². The summed E-state index contributed by atoms with van der Waals surface area (Å²) in [6.45, 7) is 6.52. The summed E-state index contributed by atoms with van der Waals surface area (Å²) in [5, 5.41) is 3.52. The summed E-state index contributed by atoms with van der Waals surface area (Å²) in [6.07, 6.45) is 0.220. The zero-order valence-corrected chi connectivity index (χ0v) is 16.0. The molecule has 0 radical (unpaired) electrons. The molecule has 1 fully saturated rings. The first-order valence-electron chi connectivity index (χ1n) is 8.83. The molecular weight excluding hydrogens is 348 g/mol. The summed E-state index contributed by atoms with van der Waals surface area (Å²) in [5.74, 6) is -0.0984. The van der Waals surface area contributed by atoms with Crippen molar-refractivity contribution in [3.05, 3.63) is 58.6 Å². The maximum Gasteiger partial charge on any atom is 0.229 e. The molecule has 1 unspecified atom stereocenters. The predicted octanol–water partition coefficient (Wildman–Crippen LogP) is 4.76. The van der Waals surface area contributed by atoms with Gasteiger partial charge in [-0.2, -0.15) is 0 Å². The van der Waals surface area contributed by atoms with E-state index in [1.807, 2.05) is 37.3 Å². The number of amides is 2. The minimum Gasteiger partial charge on any atom is -0.325 e. The van der Waals surface area contributed by atoms with E-state index in [0.29, 0.717) is 23.2 Å². The van der Waals surface area contributed by atoms with Gasteiger partial charge < -0.3 is 10.2 Å². The number of nitrogens with zero attached hydrogens (tertiary/aromatic N) is 1. The largest absolute Gasteiger partial charge is 0.325 e. The number of anilines is 2. The Kier molecular flexibility index (Phi) is 5.33. The molecular formula is C21H23ClN2O2. The predicted molar refractivity (Wildman–Crippen MR) is 106 cm³/mol. The molecule has 2 aromatic rings. The van der Waals surface area contributed by atoms with Crippen molar-refractivity contribution in [3.63, 3.8) is 0 Å². The topological polar surface area (TPSA) is 49.4 Å². The molecule has 1 atom stereocenters. The van der Waals surface area contributed by atoms with Crippen molar-refractivity contribution < 1.29 is 9.59 Å². The summed E-state index contributed by atoms with van der Waals surface area (Å²) in [4.78, 5) is 26.7. The third-order valence-electron chi connectivity index (χ3n) is 4.89. The van der Waals surface area contributed by atoms with Gasteiger partial charge in [-0.15, -0.1) is 0 Å². The van der Waals surface area contributed by atoms with Crippen LogP contribution in [0, 0.1) is 12.8 Å². The Labute approximate surface area is 159 Å². The number of hydrogen-bond donors (Lipinski definition) is 1. The molecule has 1 aliphatic rings. The second-order valence-corrected chi connectivity index (χ2v) is 7.46. The smallest absolute Gasteiger partial charge is 0.229 e. The normalized spacial score (nSPS) is 17.0. The highest BCUT2D eigenvalue weighted by atomic mass is 35.5. The van der Waals surface area contributed by atoms with E-state index in [2.05, 4.69) is 19.2 Å². The van der Waals surface area contributed by atoms with Crippen LogP contribution < -0.4 is 10.2 Å². The van der Waals surface area contributed by atoms with E-state index < -0.39 is 0 Å². The van der Waals surface area contributed by atoms with E-state index in [0.717, 1.165) is 11.3 Å². The first-order chi connectivity index (χ1) is 12.4. The van der Waals surface area contributed by atoms with Crippen molar-refractivity contribution in [3.8, 4) is 0 Å². The highest BCUT2D eigenvalue weighted by molar-refractivity contribution is 6.31. The Bertz CT molecular complexity index is 830. The number of benzene rings is 2. The fourth-order valence-corrected chi connectivity index (χ4v) is 3.32. The van der Waals surface area contributed by atoms with E-state index in [1.54, 1.807) is 17.0 Å². The third kappa shape index (κ3) is 3.75. The van der Waals surface area contributed by atoms with Gasteiger partial charge >= 0.3 is 0 Å². The number of hydrogen-bond acceptors (Lipinski definition) is 2. The Hall–Kier alpha value is -2.33. The van der Waals surface area contributed by atoms with Gasteiger partial charge in [0, 0.05) is 29.4 Å². The van der Waals surface area contributed by atoms with Crippen molar-refractivity contribution in [2.24, 2.45) is 5.92 Å². The molecule has 0 spiro atoms. The van der Waals surface area contributed by atoms with Gasteiger partial charge in [0.15, 0.2) is 0 Å². The quantitative estimate of drug-likeness (QED) is 0.843. The van der Waals surface area contributed by atoms with Gasteiger partial charge in [-0.05, 0) is 48.2 Å². The van der Waals surface area contributed by atoms with E-state index in [9.17, 15) is 9.59 Å². The lowest BCUT2D eigenvalue weighted by Crippen LogP contribution is -2.28. The number of rotatable bonds is 4. The van der Waals surface area contributed by atoms with Crippen LogP contribution in [0.25, 0.3) is 0 Å². The molecule has 0 aliphatic carbocycles. The fourth-order valence-electron chi connectivity index (χ4n) is 3.15. The van der Waals surface area contributed by atoms with E-state index in [4.69, 9.17) is 11.6 Å². The SMILES string of the molecule is Cc1c(Cl)cccc1NC(=O)C1CC(=O)N(c2ccc(C(C)C)cc2)C1.